The van der Waals surface area contributed by atoms with Gasteiger partial charge in [-0.2, -0.15) is 10.1 Å². The number of hydrogen-bond donors (Lipinski definition) is 2. The van der Waals surface area contributed by atoms with E-state index < -0.39 is 38.0 Å². The van der Waals surface area contributed by atoms with Crippen LogP contribution in [-0.2, 0) is 28.1 Å². The van der Waals surface area contributed by atoms with Crippen LogP contribution in [0.1, 0.15) is 39.8 Å². The van der Waals surface area contributed by atoms with Crippen molar-refractivity contribution >= 4 is 35.5 Å². The molecule has 1 aromatic heterocycles. The Balaban J connectivity index is 1.67. The number of carbonyl (C=O) groups excluding carboxylic acids is 1. The Kier molecular flexibility index (Phi) is 10.1. The summed E-state index contributed by atoms with van der Waals surface area (Å²) in [6.07, 6.45) is 0.973. The van der Waals surface area contributed by atoms with Gasteiger partial charge in [0.25, 0.3) is 0 Å². The summed E-state index contributed by atoms with van der Waals surface area (Å²) >= 11 is 3.33. The fraction of sp³-hybridized carbons (Fsp3) is 0.500. The van der Waals surface area contributed by atoms with Crippen molar-refractivity contribution < 1.29 is 32.6 Å². The fourth-order valence-corrected chi connectivity index (χ4v) is 5.00. The minimum Gasteiger partial charge on any atom is -0.462 e. The van der Waals surface area contributed by atoms with Crippen LogP contribution >= 0.6 is 23.7 Å². The highest BCUT2D eigenvalue weighted by Gasteiger charge is 2.36. The molecule has 1 aromatic carbocycles. The molecule has 0 aliphatic carbocycles. The van der Waals surface area contributed by atoms with Crippen LogP contribution in [0.25, 0.3) is 0 Å². The molecule has 1 fully saturated rings. The number of carbonyl (C=O) groups is 1. The van der Waals surface area contributed by atoms with Gasteiger partial charge < -0.3 is 24.5 Å². The van der Waals surface area contributed by atoms with E-state index in [2.05, 4.69) is 26.0 Å². The van der Waals surface area contributed by atoms with Crippen LogP contribution < -0.4 is 21.0 Å². The average Bonchev–Trinajstić information content (AvgIpc) is 3.28. The smallest absolute Gasteiger partial charge is 0.459 e. The molecule has 5 atom stereocenters. The molecule has 36 heavy (non-hydrogen) atoms. The number of esters is 1. The minimum absolute atomic E-state index is 0.0306. The van der Waals surface area contributed by atoms with Crippen molar-refractivity contribution in [2.45, 2.75) is 58.3 Å². The summed E-state index contributed by atoms with van der Waals surface area (Å²) in [5.74, 6) is -0.258. The number of anilines is 1. The van der Waals surface area contributed by atoms with Crippen molar-refractivity contribution in [2.75, 3.05) is 18.9 Å². The standard InChI is InChI=1S/C22H30BrN4O8P/c1-4-5-14(2)33-21(28)15(3)26-36(30,35-17-8-6-16(23)7-9-17)32-13-20-31-12-19(34-20)27-11-10-18(24)25-22(27)29/h6-11,14-15,19-20H,4-5,12-13H2,1-3H3,(H,26,30)(H2,24,25,29). The number of nitrogen functional groups attached to an aromatic ring is 1. The van der Waals surface area contributed by atoms with Gasteiger partial charge in [-0.05, 0) is 50.6 Å². The van der Waals surface area contributed by atoms with Gasteiger partial charge in [-0.15, -0.1) is 0 Å². The summed E-state index contributed by atoms with van der Waals surface area (Å²) in [7, 11) is -4.11. The summed E-state index contributed by atoms with van der Waals surface area (Å²) in [6.45, 7) is 4.99. The predicted octanol–water partition coefficient (Wildman–Crippen LogP) is 3.37. The topological polar surface area (TPSA) is 153 Å². The van der Waals surface area contributed by atoms with Gasteiger partial charge in [0.15, 0.2) is 12.5 Å². The molecule has 3 N–H and O–H groups in total. The Labute approximate surface area is 217 Å². The van der Waals surface area contributed by atoms with Crippen LogP contribution in [0.4, 0.5) is 5.82 Å². The molecule has 5 unspecified atom stereocenters. The Morgan fingerprint density at radius 1 is 1.33 bits per heavy atom. The number of nitrogens with zero attached hydrogens (tertiary/aromatic N) is 2. The van der Waals surface area contributed by atoms with Crippen molar-refractivity contribution in [1.29, 1.82) is 0 Å². The first kappa shape index (κ1) is 28.3. The number of rotatable bonds is 12. The maximum absolute atomic E-state index is 13.6. The number of nitrogens with one attached hydrogen (secondary N) is 1. The van der Waals surface area contributed by atoms with E-state index in [1.807, 2.05) is 6.92 Å². The van der Waals surface area contributed by atoms with Gasteiger partial charge in [0.1, 0.15) is 24.2 Å². The van der Waals surface area contributed by atoms with Crippen LogP contribution in [0.2, 0.25) is 0 Å². The lowest BCUT2D eigenvalue weighted by Crippen LogP contribution is -2.37. The van der Waals surface area contributed by atoms with E-state index in [0.29, 0.717) is 6.42 Å². The lowest BCUT2D eigenvalue weighted by Gasteiger charge is -2.24. The molecule has 1 aliphatic heterocycles. The van der Waals surface area contributed by atoms with Gasteiger partial charge in [-0.3, -0.25) is 13.9 Å². The Morgan fingerprint density at radius 3 is 2.72 bits per heavy atom. The van der Waals surface area contributed by atoms with Crippen LogP contribution in [0.15, 0.2) is 45.8 Å². The number of halogens is 1. The summed E-state index contributed by atoms with van der Waals surface area (Å²) < 4.78 is 43.5. The number of ether oxygens (including phenoxy) is 3. The van der Waals surface area contributed by atoms with Crippen molar-refractivity contribution in [3.63, 3.8) is 0 Å². The lowest BCUT2D eigenvalue weighted by atomic mass is 10.2. The van der Waals surface area contributed by atoms with Crippen molar-refractivity contribution in [3.05, 3.63) is 51.5 Å². The zero-order chi connectivity index (χ0) is 26.3. The number of hydrogen-bond acceptors (Lipinski definition) is 10. The largest absolute Gasteiger partial charge is 0.462 e. The third-order valence-electron chi connectivity index (χ3n) is 5.03. The number of nitrogens with two attached hydrogens (primary N) is 1. The first-order chi connectivity index (χ1) is 17.1. The van der Waals surface area contributed by atoms with Gasteiger partial charge in [-0.25, -0.2) is 9.36 Å². The maximum Gasteiger partial charge on any atom is 0.459 e. The monoisotopic (exact) mass is 588 g/mol. The van der Waals surface area contributed by atoms with E-state index in [9.17, 15) is 14.2 Å². The highest BCUT2D eigenvalue weighted by atomic mass is 79.9. The first-order valence-electron chi connectivity index (χ1n) is 11.4. The third kappa shape index (κ3) is 8.12. The molecule has 3 rings (SSSR count). The van der Waals surface area contributed by atoms with E-state index in [1.165, 1.54) is 23.8 Å². The fourth-order valence-electron chi connectivity index (χ4n) is 3.26. The van der Waals surface area contributed by atoms with Gasteiger partial charge >= 0.3 is 19.4 Å². The van der Waals surface area contributed by atoms with Gasteiger partial charge in [-0.1, -0.05) is 29.3 Å². The first-order valence-corrected chi connectivity index (χ1v) is 13.7. The normalized spacial score (nSPS) is 20.9. The van der Waals surface area contributed by atoms with Crippen LogP contribution in [-0.4, -0.2) is 47.2 Å². The molecule has 12 nitrogen and oxygen atoms in total. The second kappa shape index (κ2) is 12.8. The molecule has 14 heteroatoms. The van der Waals surface area contributed by atoms with E-state index in [0.717, 1.165) is 10.9 Å². The summed E-state index contributed by atoms with van der Waals surface area (Å²) in [6, 6.07) is 7.05. The molecule has 0 radical (unpaired) electrons. The molecule has 198 valence electrons. The minimum atomic E-state index is -4.11. The quantitative estimate of drug-likeness (QED) is 0.277. The molecule has 1 aliphatic rings. The van der Waals surface area contributed by atoms with Crippen LogP contribution in [0, 0.1) is 0 Å². The zero-order valence-corrected chi connectivity index (χ0v) is 22.6. The number of aromatic nitrogens is 2. The predicted molar refractivity (Wildman–Crippen MR) is 134 cm³/mol. The van der Waals surface area contributed by atoms with Crippen molar-refractivity contribution in [1.82, 2.24) is 14.6 Å². The second-order valence-electron chi connectivity index (χ2n) is 8.12. The SMILES string of the molecule is CCCC(C)OC(=O)C(C)NP(=O)(OCC1OCC(n2ccc(N)nc2=O)O1)Oc1ccc(Br)cc1. The van der Waals surface area contributed by atoms with E-state index in [4.69, 9.17) is 29.0 Å². The molecule has 0 amide bonds. The van der Waals surface area contributed by atoms with Crippen molar-refractivity contribution in [3.8, 4) is 5.75 Å². The third-order valence-corrected chi connectivity index (χ3v) is 7.21. The maximum atomic E-state index is 13.6. The molecule has 0 spiro atoms. The summed E-state index contributed by atoms with van der Waals surface area (Å²) in [4.78, 5) is 28.2. The van der Waals surface area contributed by atoms with Crippen molar-refractivity contribution in [2.24, 2.45) is 0 Å². The lowest BCUT2D eigenvalue weighted by molar-refractivity contribution is -0.150. The molecule has 0 saturated carbocycles. The molecule has 2 heterocycles. The van der Waals surface area contributed by atoms with Gasteiger partial charge in [0.05, 0.1) is 12.7 Å². The van der Waals surface area contributed by atoms with Gasteiger partial charge in [0.2, 0.25) is 0 Å². The highest BCUT2D eigenvalue weighted by molar-refractivity contribution is 9.10. The average molecular weight is 589 g/mol. The molecule has 2 aromatic rings. The number of benzene rings is 1. The van der Waals surface area contributed by atoms with E-state index >= 15 is 0 Å². The molecular weight excluding hydrogens is 559 g/mol. The van der Waals surface area contributed by atoms with Crippen LogP contribution in [0.3, 0.4) is 0 Å². The Morgan fingerprint density at radius 2 is 2.06 bits per heavy atom. The zero-order valence-electron chi connectivity index (χ0n) is 20.2. The summed E-state index contributed by atoms with van der Waals surface area (Å²) in [5, 5.41) is 2.62. The Hall–Kier alpha value is -2.28. The Bertz CT molecular complexity index is 1130. The van der Waals surface area contributed by atoms with Crippen LogP contribution in [0.5, 0.6) is 5.75 Å². The molecule has 1 saturated heterocycles. The van der Waals surface area contributed by atoms with E-state index in [-0.39, 0.29) is 30.9 Å². The molecular formula is C22H30BrN4O8P. The van der Waals surface area contributed by atoms with E-state index in [1.54, 1.807) is 31.2 Å². The highest BCUT2D eigenvalue weighted by Crippen LogP contribution is 2.45. The molecule has 0 bridgehead atoms. The summed E-state index contributed by atoms with van der Waals surface area (Å²) in [5.41, 5.74) is 4.92. The van der Waals surface area contributed by atoms with Gasteiger partial charge in [0, 0.05) is 10.7 Å². The second-order valence-corrected chi connectivity index (χ2v) is 10.7.